The number of carbonyl (C=O) groups is 3. The van der Waals surface area contributed by atoms with Gasteiger partial charge in [-0.1, -0.05) is 12.1 Å². The fraction of sp³-hybridized carbons (Fsp3) is 0.400. The quantitative estimate of drug-likeness (QED) is 0.800. The fourth-order valence-electron chi connectivity index (χ4n) is 2.50. The van der Waals surface area contributed by atoms with Crippen molar-refractivity contribution in [3.63, 3.8) is 0 Å². The molecule has 1 aromatic rings. The van der Waals surface area contributed by atoms with E-state index in [0.29, 0.717) is 24.2 Å². The number of likely N-dealkylation sites (tertiary alicyclic amines) is 1. The molecule has 0 spiro atoms. The van der Waals surface area contributed by atoms with Crippen LogP contribution >= 0.6 is 0 Å². The summed E-state index contributed by atoms with van der Waals surface area (Å²) in [5, 5.41) is 11.8. The van der Waals surface area contributed by atoms with E-state index in [9.17, 15) is 14.4 Å². The van der Waals surface area contributed by atoms with Crippen LogP contribution in [0.2, 0.25) is 0 Å². The summed E-state index contributed by atoms with van der Waals surface area (Å²) in [6, 6.07) is 6.10. The van der Waals surface area contributed by atoms with Gasteiger partial charge in [-0.2, -0.15) is 0 Å². The minimum atomic E-state index is -0.890. The Kier molecular flexibility index (Phi) is 4.70. The number of carboxylic acids is 1. The zero-order chi connectivity index (χ0) is 15.4. The molecule has 1 aromatic carbocycles. The number of aliphatic carboxylic acids is 1. The highest BCUT2D eigenvalue weighted by atomic mass is 16.4. The Labute approximate surface area is 122 Å². The van der Waals surface area contributed by atoms with Gasteiger partial charge in [0, 0.05) is 11.3 Å². The molecule has 0 bridgehead atoms. The molecule has 1 aliphatic heterocycles. The molecule has 0 aliphatic carbocycles. The number of anilines is 1. The molecule has 112 valence electrons. The largest absolute Gasteiger partial charge is 0.480 e. The van der Waals surface area contributed by atoms with Crippen molar-refractivity contribution in [2.45, 2.75) is 25.8 Å². The van der Waals surface area contributed by atoms with Crippen LogP contribution in [0.5, 0.6) is 0 Å². The van der Waals surface area contributed by atoms with E-state index in [1.165, 1.54) is 6.92 Å². The Morgan fingerprint density at radius 2 is 2.14 bits per heavy atom. The number of benzene rings is 1. The highest BCUT2D eigenvalue weighted by Crippen LogP contribution is 2.17. The van der Waals surface area contributed by atoms with Crippen LogP contribution in [0.4, 0.5) is 5.69 Å². The third-order valence-electron chi connectivity index (χ3n) is 3.55. The number of nitrogens with zero attached hydrogens (tertiary/aromatic N) is 1. The fourth-order valence-corrected chi connectivity index (χ4v) is 2.50. The van der Waals surface area contributed by atoms with Crippen LogP contribution in [0.25, 0.3) is 0 Å². The first-order chi connectivity index (χ1) is 9.97. The lowest BCUT2D eigenvalue weighted by atomic mass is 10.1. The molecule has 1 aliphatic rings. The molecule has 1 amide bonds. The molecule has 0 aromatic heterocycles. The molecule has 0 radical (unpaired) electrons. The lowest BCUT2D eigenvalue weighted by molar-refractivity contribution is -0.142. The smallest absolute Gasteiger partial charge is 0.320 e. The van der Waals surface area contributed by atoms with Gasteiger partial charge < -0.3 is 10.4 Å². The molecule has 0 saturated carbocycles. The molecule has 2 N–H and O–H groups in total. The second-order valence-corrected chi connectivity index (χ2v) is 5.15. The van der Waals surface area contributed by atoms with Gasteiger partial charge in [0.2, 0.25) is 5.91 Å². The van der Waals surface area contributed by atoms with Crippen LogP contribution in [0.3, 0.4) is 0 Å². The summed E-state index contributed by atoms with van der Waals surface area (Å²) >= 11 is 0. The number of rotatable bonds is 5. The Morgan fingerprint density at radius 1 is 1.38 bits per heavy atom. The third-order valence-corrected chi connectivity index (χ3v) is 3.55. The van der Waals surface area contributed by atoms with Crippen LogP contribution in [-0.4, -0.2) is 46.8 Å². The van der Waals surface area contributed by atoms with E-state index in [1.54, 1.807) is 29.2 Å². The number of nitrogens with one attached hydrogen (secondary N) is 1. The highest BCUT2D eigenvalue weighted by Gasteiger charge is 2.31. The van der Waals surface area contributed by atoms with E-state index in [0.717, 1.165) is 6.42 Å². The van der Waals surface area contributed by atoms with E-state index in [1.807, 2.05) is 0 Å². The van der Waals surface area contributed by atoms with E-state index in [-0.39, 0.29) is 18.2 Å². The lowest BCUT2D eigenvalue weighted by Crippen LogP contribution is -2.40. The Balaban J connectivity index is 1.97. The van der Waals surface area contributed by atoms with E-state index < -0.39 is 12.0 Å². The summed E-state index contributed by atoms with van der Waals surface area (Å²) in [6.07, 6.45) is 1.35. The van der Waals surface area contributed by atoms with Gasteiger partial charge in [-0.15, -0.1) is 0 Å². The summed E-state index contributed by atoms with van der Waals surface area (Å²) in [5.41, 5.74) is 1.07. The molecular weight excluding hydrogens is 272 g/mol. The van der Waals surface area contributed by atoms with Crippen LogP contribution in [0.1, 0.15) is 30.1 Å². The van der Waals surface area contributed by atoms with Gasteiger partial charge in [0.05, 0.1) is 6.54 Å². The maximum atomic E-state index is 12.0. The third kappa shape index (κ3) is 3.88. The summed E-state index contributed by atoms with van der Waals surface area (Å²) in [4.78, 5) is 36.0. The monoisotopic (exact) mass is 290 g/mol. The first kappa shape index (κ1) is 15.2. The number of hydrogen-bond donors (Lipinski definition) is 2. The van der Waals surface area contributed by atoms with Crippen molar-refractivity contribution in [2.75, 3.05) is 18.4 Å². The number of hydrogen-bond acceptors (Lipinski definition) is 4. The molecule has 1 atom stereocenters. The van der Waals surface area contributed by atoms with Crippen LogP contribution < -0.4 is 5.32 Å². The van der Waals surface area contributed by atoms with Crippen molar-refractivity contribution in [1.29, 1.82) is 0 Å². The van der Waals surface area contributed by atoms with E-state index in [2.05, 4.69) is 5.32 Å². The first-order valence-corrected chi connectivity index (χ1v) is 6.85. The van der Waals surface area contributed by atoms with Gasteiger partial charge in [-0.05, 0) is 38.4 Å². The molecule has 6 heteroatoms. The summed E-state index contributed by atoms with van der Waals surface area (Å²) in [5.74, 6) is -1.24. The van der Waals surface area contributed by atoms with Crippen molar-refractivity contribution < 1.29 is 19.5 Å². The maximum Gasteiger partial charge on any atom is 0.320 e. The van der Waals surface area contributed by atoms with Crippen molar-refractivity contribution in [3.8, 4) is 0 Å². The van der Waals surface area contributed by atoms with Crippen LogP contribution in [0.15, 0.2) is 24.3 Å². The summed E-state index contributed by atoms with van der Waals surface area (Å²) in [6.45, 7) is 2.11. The average Bonchev–Trinajstić information content (AvgIpc) is 2.87. The number of carboxylic acid groups (broad SMARTS) is 1. The molecule has 1 fully saturated rings. The molecule has 0 unspecified atom stereocenters. The van der Waals surface area contributed by atoms with Gasteiger partial charge in [-0.25, -0.2) is 0 Å². The van der Waals surface area contributed by atoms with E-state index >= 15 is 0 Å². The van der Waals surface area contributed by atoms with Gasteiger partial charge in [-0.3, -0.25) is 19.3 Å². The lowest BCUT2D eigenvalue weighted by Gasteiger charge is -2.20. The molecule has 1 saturated heterocycles. The second-order valence-electron chi connectivity index (χ2n) is 5.15. The molecule has 1 heterocycles. The van der Waals surface area contributed by atoms with Crippen LogP contribution in [0, 0.1) is 0 Å². The highest BCUT2D eigenvalue weighted by molar-refractivity contribution is 5.97. The minimum Gasteiger partial charge on any atom is -0.480 e. The SMILES string of the molecule is CC(=O)c1cccc(NC(=O)CN2CCC[C@H]2C(=O)O)c1. The number of Topliss-reactive ketones (excluding diaryl/α,β-unsaturated/α-hetero) is 1. The zero-order valence-electron chi connectivity index (χ0n) is 11.8. The van der Waals surface area contributed by atoms with Gasteiger partial charge >= 0.3 is 5.97 Å². The molecular formula is C15H18N2O4. The molecule has 6 nitrogen and oxygen atoms in total. The van der Waals surface area contributed by atoms with E-state index in [4.69, 9.17) is 5.11 Å². The summed E-state index contributed by atoms with van der Waals surface area (Å²) < 4.78 is 0. The van der Waals surface area contributed by atoms with Crippen molar-refractivity contribution in [1.82, 2.24) is 4.90 Å². The Morgan fingerprint density at radius 3 is 2.81 bits per heavy atom. The van der Waals surface area contributed by atoms with Crippen molar-refractivity contribution in [3.05, 3.63) is 29.8 Å². The maximum absolute atomic E-state index is 12.0. The van der Waals surface area contributed by atoms with Crippen LogP contribution in [-0.2, 0) is 9.59 Å². The predicted octanol–water partition coefficient (Wildman–Crippen LogP) is 1.38. The Hall–Kier alpha value is -2.21. The van der Waals surface area contributed by atoms with Gasteiger partial charge in [0.1, 0.15) is 6.04 Å². The predicted molar refractivity (Wildman–Crippen MR) is 77.3 cm³/mol. The molecule has 21 heavy (non-hydrogen) atoms. The number of ketones is 1. The number of carbonyl (C=O) groups excluding carboxylic acids is 2. The summed E-state index contributed by atoms with van der Waals surface area (Å²) in [7, 11) is 0. The topological polar surface area (TPSA) is 86.7 Å². The average molecular weight is 290 g/mol. The van der Waals surface area contributed by atoms with Gasteiger partial charge in [0.15, 0.2) is 5.78 Å². The standard InChI is InChI=1S/C15H18N2O4/c1-10(18)11-4-2-5-12(8-11)16-14(19)9-17-7-3-6-13(17)15(20)21/h2,4-5,8,13H,3,6-7,9H2,1H3,(H,16,19)(H,20,21)/t13-/m0/s1. The normalized spacial score (nSPS) is 18.4. The zero-order valence-corrected chi connectivity index (χ0v) is 11.8. The minimum absolute atomic E-state index is 0.0429. The van der Waals surface area contributed by atoms with Crippen molar-refractivity contribution >= 4 is 23.3 Å². The number of amides is 1. The van der Waals surface area contributed by atoms with Crippen molar-refractivity contribution in [2.24, 2.45) is 0 Å². The Bertz CT molecular complexity index is 571. The second kappa shape index (κ2) is 6.49. The first-order valence-electron chi connectivity index (χ1n) is 6.85. The van der Waals surface area contributed by atoms with Gasteiger partial charge in [0.25, 0.3) is 0 Å². The molecule has 2 rings (SSSR count).